The van der Waals surface area contributed by atoms with Gasteiger partial charge in [-0.05, 0) is 48.1 Å². The predicted octanol–water partition coefficient (Wildman–Crippen LogP) is 3.36. The number of nitrogens with zero attached hydrogens (tertiary/aromatic N) is 1. The van der Waals surface area contributed by atoms with Crippen molar-refractivity contribution in [2.45, 2.75) is 18.8 Å². The maximum absolute atomic E-state index is 13.8. The van der Waals surface area contributed by atoms with Gasteiger partial charge in [-0.3, -0.25) is 0 Å². The fourth-order valence-electron chi connectivity index (χ4n) is 2.30. The summed E-state index contributed by atoms with van der Waals surface area (Å²) in [7, 11) is 1.55. The number of hydrogen-bond acceptors (Lipinski definition) is 3. The number of nitrogens with two attached hydrogens (primary N) is 1. The monoisotopic (exact) mass is 258 g/mol. The van der Waals surface area contributed by atoms with Crippen LogP contribution in [-0.2, 0) is 0 Å². The number of aromatic nitrogens is 1. The Hall–Kier alpha value is -2.10. The number of pyridine rings is 1. The van der Waals surface area contributed by atoms with E-state index in [4.69, 9.17) is 10.5 Å². The summed E-state index contributed by atoms with van der Waals surface area (Å²) in [5, 5.41) is 0. The molecule has 0 spiro atoms. The molecule has 2 aromatic rings. The van der Waals surface area contributed by atoms with Gasteiger partial charge in [-0.2, -0.15) is 0 Å². The highest BCUT2D eigenvalue weighted by Crippen LogP contribution is 2.45. The second kappa shape index (κ2) is 4.53. The number of nitrogen functional groups attached to an aromatic ring is 1. The lowest BCUT2D eigenvalue weighted by atomic mass is 9.98. The predicted molar refractivity (Wildman–Crippen MR) is 72.6 cm³/mol. The highest BCUT2D eigenvalue weighted by atomic mass is 19.1. The van der Waals surface area contributed by atoms with Gasteiger partial charge in [0.15, 0.2) is 0 Å². The fraction of sp³-hybridized carbons (Fsp3) is 0.267. The van der Waals surface area contributed by atoms with Crippen LogP contribution in [-0.4, -0.2) is 12.1 Å². The zero-order chi connectivity index (χ0) is 13.4. The van der Waals surface area contributed by atoms with Crippen molar-refractivity contribution in [1.29, 1.82) is 0 Å². The Morgan fingerprint density at radius 3 is 2.79 bits per heavy atom. The molecule has 3 nitrogen and oxygen atoms in total. The minimum absolute atomic E-state index is 0.248. The Bertz CT molecular complexity index is 624. The number of benzene rings is 1. The molecule has 0 unspecified atom stereocenters. The van der Waals surface area contributed by atoms with E-state index in [9.17, 15) is 4.39 Å². The molecule has 1 aromatic carbocycles. The lowest BCUT2D eigenvalue weighted by Crippen LogP contribution is -1.98. The number of ether oxygens (including phenoxy) is 1. The fourth-order valence-corrected chi connectivity index (χ4v) is 2.30. The van der Waals surface area contributed by atoms with Crippen molar-refractivity contribution in [3.63, 3.8) is 0 Å². The minimum Gasteiger partial charge on any atom is -0.481 e. The molecule has 0 bridgehead atoms. The summed E-state index contributed by atoms with van der Waals surface area (Å²) in [5.74, 6) is 0.661. The molecule has 0 aliphatic heterocycles. The maximum Gasteiger partial charge on any atom is 0.213 e. The lowest BCUT2D eigenvalue weighted by molar-refractivity contribution is 0.398. The zero-order valence-electron chi connectivity index (χ0n) is 10.7. The van der Waals surface area contributed by atoms with Gasteiger partial charge in [0.25, 0.3) is 0 Å². The summed E-state index contributed by atoms with van der Waals surface area (Å²) in [6, 6.07) is 6.59. The van der Waals surface area contributed by atoms with Crippen molar-refractivity contribution in [3.8, 4) is 17.0 Å². The van der Waals surface area contributed by atoms with Crippen LogP contribution < -0.4 is 10.5 Å². The summed E-state index contributed by atoms with van der Waals surface area (Å²) >= 11 is 0. The van der Waals surface area contributed by atoms with Crippen LogP contribution in [0.25, 0.3) is 11.1 Å². The van der Waals surface area contributed by atoms with Crippen molar-refractivity contribution in [3.05, 3.63) is 41.8 Å². The van der Waals surface area contributed by atoms with Gasteiger partial charge in [-0.25, -0.2) is 9.37 Å². The SMILES string of the molecule is COc1cc(-c2cc(F)cc(C3CC3)c2N)ccn1. The van der Waals surface area contributed by atoms with Crippen LogP contribution in [0.1, 0.15) is 24.3 Å². The van der Waals surface area contributed by atoms with Crippen molar-refractivity contribution < 1.29 is 9.13 Å². The third kappa shape index (κ3) is 2.26. The quantitative estimate of drug-likeness (QED) is 0.859. The van der Waals surface area contributed by atoms with Crippen molar-refractivity contribution in [2.75, 3.05) is 12.8 Å². The summed E-state index contributed by atoms with van der Waals surface area (Å²) in [5.41, 5.74) is 9.31. The molecule has 1 fully saturated rings. The molecule has 0 atom stereocenters. The second-order valence-corrected chi connectivity index (χ2v) is 4.82. The molecule has 3 rings (SSSR count). The second-order valence-electron chi connectivity index (χ2n) is 4.82. The third-order valence-corrected chi connectivity index (χ3v) is 3.45. The summed E-state index contributed by atoms with van der Waals surface area (Å²) in [6.45, 7) is 0. The van der Waals surface area contributed by atoms with Gasteiger partial charge in [0.1, 0.15) is 5.82 Å². The molecule has 0 amide bonds. The van der Waals surface area contributed by atoms with E-state index in [1.807, 2.05) is 6.07 Å². The number of hydrogen-bond donors (Lipinski definition) is 1. The van der Waals surface area contributed by atoms with Gasteiger partial charge in [0, 0.05) is 23.5 Å². The molecule has 4 heteroatoms. The van der Waals surface area contributed by atoms with Crippen LogP contribution in [0, 0.1) is 5.82 Å². The normalized spacial score (nSPS) is 14.4. The van der Waals surface area contributed by atoms with Crippen molar-refractivity contribution in [2.24, 2.45) is 0 Å². The molecule has 2 N–H and O–H groups in total. The molecular weight excluding hydrogens is 243 g/mol. The molecule has 0 saturated heterocycles. The Kier molecular flexibility index (Phi) is 2.85. The molecule has 1 aliphatic rings. The van der Waals surface area contributed by atoms with Gasteiger partial charge in [-0.1, -0.05) is 0 Å². The van der Waals surface area contributed by atoms with Crippen LogP contribution in [0.5, 0.6) is 5.88 Å². The average molecular weight is 258 g/mol. The third-order valence-electron chi connectivity index (χ3n) is 3.45. The zero-order valence-corrected chi connectivity index (χ0v) is 10.7. The molecular formula is C15H15FN2O. The first-order valence-corrected chi connectivity index (χ1v) is 6.28. The van der Waals surface area contributed by atoms with Gasteiger partial charge < -0.3 is 10.5 Å². The number of halogens is 1. The number of rotatable bonds is 3. The van der Waals surface area contributed by atoms with Gasteiger partial charge in [-0.15, -0.1) is 0 Å². The van der Waals surface area contributed by atoms with E-state index in [1.54, 1.807) is 25.4 Å². The van der Waals surface area contributed by atoms with E-state index >= 15 is 0 Å². The summed E-state index contributed by atoms with van der Waals surface area (Å²) in [4.78, 5) is 4.05. The Morgan fingerprint density at radius 1 is 1.32 bits per heavy atom. The Labute approximate surface area is 111 Å². The molecule has 1 heterocycles. The highest BCUT2D eigenvalue weighted by Gasteiger charge is 2.27. The Balaban J connectivity index is 2.13. The van der Waals surface area contributed by atoms with Gasteiger partial charge in [0.05, 0.1) is 7.11 Å². The van der Waals surface area contributed by atoms with Crippen molar-refractivity contribution >= 4 is 5.69 Å². The molecule has 1 aromatic heterocycles. The largest absolute Gasteiger partial charge is 0.481 e. The van der Waals surface area contributed by atoms with Crippen LogP contribution in [0.2, 0.25) is 0 Å². The first-order valence-electron chi connectivity index (χ1n) is 6.28. The lowest BCUT2D eigenvalue weighted by Gasteiger charge is -2.12. The van der Waals surface area contributed by atoms with E-state index in [1.165, 1.54) is 6.07 Å². The van der Waals surface area contributed by atoms with Crippen LogP contribution in [0.4, 0.5) is 10.1 Å². The van der Waals surface area contributed by atoms with E-state index < -0.39 is 0 Å². The number of methoxy groups -OCH3 is 1. The number of anilines is 1. The van der Waals surface area contributed by atoms with Crippen LogP contribution >= 0.6 is 0 Å². The van der Waals surface area contributed by atoms with E-state index in [2.05, 4.69) is 4.98 Å². The first kappa shape index (κ1) is 12.0. The molecule has 1 aliphatic carbocycles. The van der Waals surface area contributed by atoms with Gasteiger partial charge in [0.2, 0.25) is 5.88 Å². The summed E-state index contributed by atoms with van der Waals surface area (Å²) in [6.07, 6.45) is 3.81. The Morgan fingerprint density at radius 2 is 2.11 bits per heavy atom. The van der Waals surface area contributed by atoms with Crippen LogP contribution in [0.3, 0.4) is 0 Å². The van der Waals surface area contributed by atoms with E-state index in [-0.39, 0.29) is 5.82 Å². The molecule has 1 saturated carbocycles. The molecule has 19 heavy (non-hydrogen) atoms. The van der Waals surface area contributed by atoms with E-state index in [0.717, 1.165) is 24.0 Å². The first-order chi connectivity index (χ1) is 9.19. The topological polar surface area (TPSA) is 48.1 Å². The standard InChI is InChI=1S/C15H15FN2O/c1-19-14-6-10(4-5-18-14)13-8-11(16)7-12(15(13)17)9-2-3-9/h4-9H,2-3,17H2,1H3. The molecule has 98 valence electrons. The minimum atomic E-state index is -0.248. The van der Waals surface area contributed by atoms with Crippen LogP contribution in [0.15, 0.2) is 30.5 Å². The van der Waals surface area contributed by atoms with Gasteiger partial charge >= 0.3 is 0 Å². The van der Waals surface area contributed by atoms with E-state index in [0.29, 0.717) is 23.0 Å². The average Bonchev–Trinajstić information content (AvgIpc) is 3.25. The highest BCUT2D eigenvalue weighted by molar-refractivity contribution is 5.79. The smallest absolute Gasteiger partial charge is 0.213 e. The molecule has 0 radical (unpaired) electrons. The van der Waals surface area contributed by atoms with Crippen molar-refractivity contribution in [1.82, 2.24) is 4.98 Å². The maximum atomic E-state index is 13.8. The summed E-state index contributed by atoms with van der Waals surface area (Å²) < 4.78 is 18.9.